The molecule has 1 heterocycles. The van der Waals surface area contributed by atoms with E-state index in [0.717, 1.165) is 24.4 Å². The van der Waals surface area contributed by atoms with E-state index < -0.39 is 0 Å². The van der Waals surface area contributed by atoms with E-state index in [1.165, 1.54) is 38.6 Å². The Morgan fingerprint density at radius 3 is 2.60 bits per heavy atom. The molecule has 0 aromatic heterocycles. The second-order valence-corrected chi connectivity index (χ2v) is 5.75. The van der Waals surface area contributed by atoms with Crippen LogP contribution in [0.3, 0.4) is 0 Å². The maximum atomic E-state index is 5.86. The minimum absolute atomic E-state index is 0.692. The van der Waals surface area contributed by atoms with Crippen LogP contribution in [0.15, 0.2) is 0 Å². The Labute approximate surface area is 94.2 Å². The summed E-state index contributed by atoms with van der Waals surface area (Å²) in [5, 5.41) is 0. The average Bonchev–Trinajstić information content (AvgIpc) is 2.15. The summed E-state index contributed by atoms with van der Waals surface area (Å²) in [4.78, 5) is 2.71. The van der Waals surface area contributed by atoms with Gasteiger partial charge in [-0.1, -0.05) is 20.3 Å². The molecule has 0 radical (unpaired) electrons. The van der Waals surface area contributed by atoms with Crippen LogP contribution in [-0.2, 0) is 0 Å². The number of nitrogens with two attached hydrogens (primary N) is 1. The minimum atomic E-state index is 0.692. The highest BCUT2D eigenvalue weighted by molar-refractivity contribution is 4.92. The van der Waals surface area contributed by atoms with E-state index in [1.807, 2.05) is 0 Å². The summed E-state index contributed by atoms with van der Waals surface area (Å²) in [5.74, 6) is 1.86. The highest BCUT2D eigenvalue weighted by Gasteiger charge is 2.38. The highest BCUT2D eigenvalue weighted by atomic mass is 15.2. The Bertz CT molecular complexity index is 197. The predicted molar refractivity (Wildman–Crippen MR) is 64.7 cm³/mol. The van der Waals surface area contributed by atoms with E-state index in [0.29, 0.717) is 6.04 Å². The first-order chi connectivity index (χ1) is 7.22. The lowest BCUT2D eigenvalue weighted by atomic mass is 9.72. The Hall–Kier alpha value is -0.0800. The van der Waals surface area contributed by atoms with E-state index in [1.54, 1.807) is 0 Å². The first kappa shape index (κ1) is 11.4. The third-order valence-electron chi connectivity index (χ3n) is 4.51. The fraction of sp³-hybridized carbons (Fsp3) is 1.00. The first-order valence-corrected chi connectivity index (χ1v) is 6.68. The van der Waals surface area contributed by atoms with Crippen molar-refractivity contribution in [3.63, 3.8) is 0 Å². The van der Waals surface area contributed by atoms with Gasteiger partial charge in [0.1, 0.15) is 0 Å². The summed E-state index contributed by atoms with van der Waals surface area (Å²) < 4.78 is 0. The fourth-order valence-electron chi connectivity index (χ4n) is 3.20. The summed E-state index contributed by atoms with van der Waals surface area (Å²) in [6.45, 7) is 6.88. The maximum absolute atomic E-state index is 5.86. The Kier molecular flexibility index (Phi) is 3.68. The Balaban J connectivity index is 1.83. The molecular weight excluding hydrogens is 184 g/mol. The molecule has 0 aromatic rings. The number of rotatable bonds is 3. The van der Waals surface area contributed by atoms with Crippen LogP contribution >= 0.6 is 0 Å². The smallest absolute Gasteiger partial charge is 0.0221 e. The zero-order valence-electron chi connectivity index (χ0n) is 10.3. The second-order valence-electron chi connectivity index (χ2n) is 5.75. The lowest BCUT2D eigenvalue weighted by molar-refractivity contribution is 0.00944. The number of hydrogen-bond acceptors (Lipinski definition) is 2. The van der Waals surface area contributed by atoms with Gasteiger partial charge in [-0.15, -0.1) is 0 Å². The van der Waals surface area contributed by atoms with E-state index in [9.17, 15) is 0 Å². The first-order valence-electron chi connectivity index (χ1n) is 6.68. The van der Waals surface area contributed by atoms with Gasteiger partial charge in [-0.3, -0.25) is 4.90 Å². The van der Waals surface area contributed by atoms with Gasteiger partial charge in [-0.05, 0) is 44.1 Å². The van der Waals surface area contributed by atoms with Crippen LogP contribution in [0.5, 0.6) is 0 Å². The van der Waals surface area contributed by atoms with Crippen molar-refractivity contribution in [2.24, 2.45) is 17.6 Å². The molecule has 88 valence electrons. The molecule has 0 spiro atoms. The average molecular weight is 210 g/mol. The van der Waals surface area contributed by atoms with Gasteiger partial charge in [-0.25, -0.2) is 0 Å². The van der Waals surface area contributed by atoms with Gasteiger partial charge in [0, 0.05) is 18.6 Å². The summed E-state index contributed by atoms with van der Waals surface area (Å²) in [7, 11) is 0. The van der Waals surface area contributed by atoms with Gasteiger partial charge in [0.2, 0.25) is 0 Å². The van der Waals surface area contributed by atoms with Crippen LogP contribution in [0.1, 0.15) is 46.0 Å². The molecule has 1 saturated heterocycles. The van der Waals surface area contributed by atoms with Gasteiger partial charge >= 0.3 is 0 Å². The molecule has 0 aromatic carbocycles. The SMILES string of the molecule is CC(C)C1CC(N2CCCCC2CN)C1. The third-order valence-corrected chi connectivity index (χ3v) is 4.51. The molecular formula is C13H26N2. The lowest BCUT2D eigenvalue weighted by Gasteiger charge is -2.49. The van der Waals surface area contributed by atoms with E-state index in [2.05, 4.69) is 18.7 Å². The third kappa shape index (κ3) is 2.36. The molecule has 2 aliphatic rings. The molecule has 2 fully saturated rings. The summed E-state index contributed by atoms with van der Waals surface area (Å²) >= 11 is 0. The van der Waals surface area contributed by atoms with Crippen molar-refractivity contribution >= 4 is 0 Å². The van der Waals surface area contributed by atoms with Crippen LogP contribution in [-0.4, -0.2) is 30.1 Å². The summed E-state index contributed by atoms with van der Waals surface area (Å²) in [5.41, 5.74) is 5.86. The van der Waals surface area contributed by atoms with Crippen molar-refractivity contribution in [1.29, 1.82) is 0 Å². The number of piperidine rings is 1. The lowest BCUT2D eigenvalue weighted by Crippen LogP contribution is -2.54. The second kappa shape index (κ2) is 4.84. The standard InChI is InChI=1S/C13H26N2/c1-10(2)11-7-13(8-11)15-6-4-3-5-12(15)9-14/h10-13H,3-9,14H2,1-2H3. The largest absolute Gasteiger partial charge is 0.329 e. The van der Waals surface area contributed by atoms with Gasteiger partial charge in [0.05, 0.1) is 0 Å². The number of hydrogen-bond donors (Lipinski definition) is 1. The quantitative estimate of drug-likeness (QED) is 0.774. The highest BCUT2D eigenvalue weighted by Crippen LogP contribution is 2.39. The molecule has 0 bridgehead atoms. The zero-order chi connectivity index (χ0) is 10.8. The van der Waals surface area contributed by atoms with Crippen molar-refractivity contribution in [2.45, 2.75) is 58.0 Å². The molecule has 1 saturated carbocycles. The van der Waals surface area contributed by atoms with Gasteiger partial charge < -0.3 is 5.73 Å². The van der Waals surface area contributed by atoms with Crippen LogP contribution in [0.2, 0.25) is 0 Å². The summed E-state index contributed by atoms with van der Waals surface area (Å²) in [6.07, 6.45) is 6.96. The van der Waals surface area contributed by atoms with Crippen molar-refractivity contribution in [1.82, 2.24) is 4.90 Å². The molecule has 15 heavy (non-hydrogen) atoms. The topological polar surface area (TPSA) is 29.3 Å². The number of likely N-dealkylation sites (tertiary alicyclic amines) is 1. The van der Waals surface area contributed by atoms with Crippen molar-refractivity contribution in [3.8, 4) is 0 Å². The van der Waals surface area contributed by atoms with E-state index in [-0.39, 0.29) is 0 Å². The van der Waals surface area contributed by atoms with E-state index in [4.69, 9.17) is 5.73 Å². The molecule has 2 nitrogen and oxygen atoms in total. The Morgan fingerprint density at radius 1 is 1.27 bits per heavy atom. The van der Waals surface area contributed by atoms with Crippen LogP contribution in [0, 0.1) is 11.8 Å². The van der Waals surface area contributed by atoms with E-state index >= 15 is 0 Å². The van der Waals surface area contributed by atoms with Crippen molar-refractivity contribution in [2.75, 3.05) is 13.1 Å². The summed E-state index contributed by atoms with van der Waals surface area (Å²) in [6, 6.07) is 1.56. The van der Waals surface area contributed by atoms with Gasteiger partial charge in [0.25, 0.3) is 0 Å². The maximum Gasteiger partial charge on any atom is 0.0221 e. The van der Waals surface area contributed by atoms with Gasteiger partial charge in [-0.2, -0.15) is 0 Å². The molecule has 2 N–H and O–H groups in total. The minimum Gasteiger partial charge on any atom is -0.329 e. The van der Waals surface area contributed by atoms with Crippen LogP contribution < -0.4 is 5.73 Å². The molecule has 2 heteroatoms. The van der Waals surface area contributed by atoms with Gasteiger partial charge in [0.15, 0.2) is 0 Å². The molecule has 1 atom stereocenters. The molecule has 1 unspecified atom stereocenters. The van der Waals surface area contributed by atoms with Crippen LogP contribution in [0.25, 0.3) is 0 Å². The molecule has 1 aliphatic heterocycles. The van der Waals surface area contributed by atoms with Crippen molar-refractivity contribution in [3.05, 3.63) is 0 Å². The predicted octanol–water partition coefficient (Wildman–Crippen LogP) is 2.23. The van der Waals surface area contributed by atoms with Crippen molar-refractivity contribution < 1.29 is 0 Å². The fourth-order valence-corrected chi connectivity index (χ4v) is 3.20. The molecule has 1 aliphatic carbocycles. The van der Waals surface area contributed by atoms with Crippen LogP contribution in [0.4, 0.5) is 0 Å². The monoisotopic (exact) mass is 210 g/mol. The normalized spacial score (nSPS) is 38.0. The zero-order valence-corrected chi connectivity index (χ0v) is 10.3. The molecule has 0 amide bonds. The number of nitrogens with zero attached hydrogens (tertiary/aromatic N) is 1. The Morgan fingerprint density at radius 2 is 2.00 bits per heavy atom. The molecule has 2 rings (SSSR count).